The lowest BCUT2D eigenvalue weighted by atomic mass is 10.1. The number of nitrogens with zero attached hydrogens (tertiary/aromatic N) is 1. The monoisotopic (exact) mass is 250 g/mol. The van der Waals surface area contributed by atoms with E-state index in [1.807, 2.05) is 38.3 Å². The highest BCUT2D eigenvalue weighted by Gasteiger charge is 2.11. The summed E-state index contributed by atoms with van der Waals surface area (Å²) in [6.45, 7) is 4.40. The largest absolute Gasteiger partial charge is 0.391 e. The molecule has 1 atom stereocenters. The smallest absolute Gasteiger partial charge is 0.102 e. The third kappa shape index (κ3) is 3.65. The first-order chi connectivity index (χ1) is 8.10. The van der Waals surface area contributed by atoms with Gasteiger partial charge in [0.25, 0.3) is 0 Å². The van der Waals surface area contributed by atoms with Gasteiger partial charge in [-0.05, 0) is 24.3 Å². The molecule has 0 aliphatic rings. The zero-order valence-electron chi connectivity index (χ0n) is 10.4. The minimum absolute atomic E-state index is 0.205. The molecule has 1 rings (SSSR count). The Balaban J connectivity index is 2.81. The molecular weight excluding hydrogens is 232 g/mol. The number of nitrogens with one attached hydrogen (secondary N) is 1. The Hall–Kier alpha value is -1.18. The van der Waals surface area contributed by atoms with Crippen molar-refractivity contribution in [1.82, 2.24) is 0 Å². The van der Waals surface area contributed by atoms with Gasteiger partial charge in [0.15, 0.2) is 0 Å². The maximum Gasteiger partial charge on any atom is 0.102 e. The average Bonchev–Trinajstić information content (AvgIpc) is 2.34. The van der Waals surface area contributed by atoms with E-state index in [0.717, 1.165) is 10.6 Å². The Morgan fingerprint density at radius 1 is 1.47 bits per heavy atom. The molecule has 4 heteroatoms. The summed E-state index contributed by atoms with van der Waals surface area (Å²) >= 11 is 1.55. The van der Waals surface area contributed by atoms with E-state index < -0.39 is 6.10 Å². The lowest BCUT2D eigenvalue weighted by Gasteiger charge is -2.17. The maximum atomic E-state index is 9.73. The van der Waals surface area contributed by atoms with E-state index in [1.165, 1.54) is 0 Å². The van der Waals surface area contributed by atoms with E-state index in [4.69, 9.17) is 5.26 Å². The second-order valence-electron chi connectivity index (χ2n) is 4.19. The third-order valence-electron chi connectivity index (χ3n) is 2.63. The standard InChI is InChI=1S/C13H18N2OS/c1-9(2)12(16)8-15-11-5-4-6-13(17-3)10(11)7-14/h4-6,9,12,15-16H,8H2,1-3H3. The molecule has 0 aliphatic carbocycles. The van der Waals surface area contributed by atoms with Crippen molar-refractivity contribution >= 4 is 17.4 Å². The van der Waals surface area contributed by atoms with Crippen LogP contribution in [-0.2, 0) is 0 Å². The molecule has 0 aromatic heterocycles. The van der Waals surface area contributed by atoms with Gasteiger partial charge in [0.2, 0.25) is 0 Å². The van der Waals surface area contributed by atoms with Gasteiger partial charge >= 0.3 is 0 Å². The van der Waals surface area contributed by atoms with E-state index in [1.54, 1.807) is 11.8 Å². The van der Waals surface area contributed by atoms with Crippen molar-refractivity contribution in [3.63, 3.8) is 0 Å². The summed E-state index contributed by atoms with van der Waals surface area (Å²) in [7, 11) is 0. The number of rotatable bonds is 5. The molecule has 17 heavy (non-hydrogen) atoms. The van der Waals surface area contributed by atoms with E-state index in [9.17, 15) is 5.11 Å². The molecule has 92 valence electrons. The second kappa shape index (κ2) is 6.53. The van der Waals surface area contributed by atoms with Crippen LogP contribution in [0.3, 0.4) is 0 Å². The van der Waals surface area contributed by atoms with Crippen LogP contribution in [0, 0.1) is 17.2 Å². The van der Waals surface area contributed by atoms with Crippen molar-refractivity contribution in [2.45, 2.75) is 24.8 Å². The lowest BCUT2D eigenvalue weighted by molar-refractivity contribution is 0.138. The van der Waals surface area contributed by atoms with Crippen LogP contribution >= 0.6 is 11.8 Å². The fourth-order valence-corrected chi connectivity index (χ4v) is 1.99. The molecule has 2 N–H and O–H groups in total. The van der Waals surface area contributed by atoms with E-state index in [2.05, 4.69) is 11.4 Å². The second-order valence-corrected chi connectivity index (χ2v) is 5.03. The summed E-state index contributed by atoms with van der Waals surface area (Å²) in [5, 5.41) is 22.0. The van der Waals surface area contributed by atoms with Crippen molar-refractivity contribution in [3.8, 4) is 6.07 Å². The number of anilines is 1. The van der Waals surface area contributed by atoms with Gasteiger partial charge in [-0.25, -0.2) is 0 Å². The van der Waals surface area contributed by atoms with Crippen LogP contribution < -0.4 is 5.32 Å². The third-order valence-corrected chi connectivity index (χ3v) is 3.41. The Labute approximate surface area is 107 Å². The van der Waals surface area contributed by atoms with Crippen LogP contribution in [0.5, 0.6) is 0 Å². The molecular formula is C13H18N2OS. The number of nitriles is 1. The van der Waals surface area contributed by atoms with Crippen molar-refractivity contribution in [2.75, 3.05) is 18.1 Å². The maximum absolute atomic E-state index is 9.73. The van der Waals surface area contributed by atoms with Crippen molar-refractivity contribution in [1.29, 1.82) is 5.26 Å². The topological polar surface area (TPSA) is 56.0 Å². The van der Waals surface area contributed by atoms with Crippen LogP contribution in [0.2, 0.25) is 0 Å². The number of aliphatic hydroxyl groups excluding tert-OH is 1. The molecule has 0 aliphatic heterocycles. The zero-order valence-corrected chi connectivity index (χ0v) is 11.2. The van der Waals surface area contributed by atoms with Gasteiger partial charge in [-0.1, -0.05) is 19.9 Å². The normalized spacial score (nSPS) is 12.2. The molecule has 0 amide bonds. The summed E-state index contributed by atoms with van der Waals surface area (Å²) in [6.07, 6.45) is 1.54. The number of hydrogen-bond acceptors (Lipinski definition) is 4. The summed E-state index contributed by atoms with van der Waals surface area (Å²) in [6, 6.07) is 7.91. The highest BCUT2D eigenvalue weighted by molar-refractivity contribution is 7.98. The first-order valence-corrected chi connectivity index (χ1v) is 6.81. The minimum Gasteiger partial charge on any atom is -0.391 e. The number of aliphatic hydroxyl groups is 1. The molecule has 0 spiro atoms. The molecule has 1 aromatic carbocycles. The summed E-state index contributed by atoms with van der Waals surface area (Å²) in [4.78, 5) is 0.955. The van der Waals surface area contributed by atoms with Crippen LogP contribution in [0.4, 0.5) is 5.69 Å². The Kier molecular flexibility index (Phi) is 5.33. The molecule has 0 radical (unpaired) electrons. The van der Waals surface area contributed by atoms with Crippen LogP contribution in [0.1, 0.15) is 19.4 Å². The first-order valence-electron chi connectivity index (χ1n) is 5.59. The van der Waals surface area contributed by atoms with Gasteiger partial charge in [0, 0.05) is 11.4 Å². The molecule has 0 heterocycles. The molecule has 0 bridgehead atoms. The molecule has 1 aromatic rings. The van der Waals surface area contributed by atoms with Gasteiger partial charge < -0.3 is 10.4 Å². The predicted molar refractivity (Wildman–Crippen MR) is 72.3 cm³/mol. The van der Waals surface area contributed by atoms with Gasteiger partial charge in [-0.2, -0.15) is 5.26 Å². The van der Waals surface area contributed by atoms with Crippen molar-refractivity contribution in [3.05, 3.63) is 23.8 Å². The first kappa shape index (κ1) is 13.9. The van der Waals surface area contributed by atoms with Gasteiger partial charge in [-0.15, -0.1) is 11.8 Å². The lowest BCUT2D eigenvalue weighted by Crippen LogP contribution is -2.25. The average molecular weight is 250 g/mol. The summed E-state index contributed by atoms with van der Waals surface area (Å²) < 4.78 is 0. The highest BCUT2D eigenvalue weighted by atomic mass is 32.2. The number of hydrogen-bond donors (Lipinski definition) is 2. The zero-order chi connectivity index (χ0) is 12.8. The highest BCUT2D eigenvalue weighted by Crippen LogP contribution is 2.26. The minimum atomic E-state index is -0.403. The van der Waals surface area contributed by atoms with Gasteiger partial charge in [-0.3, -0.25) is 0 Å². The van der Waals surface area contributed by atoms with Crippen LogP contribution in [-0.4, -0.2) is 24.0 Å². The quantitative estimate of drug-likeness (QED) is 0.789. The molecule has 1 unspecified atom stereocenters. The summed E-state index contributed by atoms with van der Waals surface area (Å²) in [5.74, 6) is 0.205. The fraction of sp³-hybridized carbons (Fsp3) is 0.462. The molecule has 0 saturated carbocycles. The Bertz CT molecular complexity index is 412. The van der Waals surface area contributed by atoms with Crippen molar-refractivity contribution < 1.29 is 5.11 Å². The SMILES string of the molecule is CSc1cccc(NCC(O)C(C)C)c1C#N. The number of benzene rings is 1. The Morgan fingerprint density at radius 3 is 2.71 bits per heavy atom. The molecule has 0 fully saturated rings. The van der Waals surface area contributed by atoms with E-state index in [-0.39, 0.29) is 5.92 Å². The molecule has 0 saturated heterocycles. The summed E-state index contributed by atoms with van der Waals surface area (Å²) in [5.41, 5.74) is 1.44. The number of thioether (sulfide) groups is 1. The van der Waals surface area contributed by atoms with Gasteiger partial charge in [0.1, 0.15) is 6.07 Å². The van der Waals surface area contributed by atoms with Crippen LogP contribution in [0.15, 0.2) is 23.1 Å². The Morgan fingerprint density at radius 2 is 2.18 bits per heavy atom. The van der Waals surface area contributed by atoms with E-state index in [0.29, 0.717) is 12.1 Å². The van der Waals surface area contributed by atoms with E-state index >= 15 is 0 Å². The van der Waals surface area contributed by atoms with Crippen LogP contribution in [0.25, 0.3) is 0 Å². The fourth-order valence-electron chi connectivity index (χ4n) is 1.41. The van der Waals surface area contributed by atoms with Gasteiger partial charge in [0.05, 0.1) is 17.4 Å². The predicted octanol–water partition coefficient (Wildman–Crippen LogP) is 2.71. The van der Waals surface area contributed by atoms with Crippen molar-refractivity contribution in [2.24, 2.45) is 5.92 Å². The molecule has 3 nitrogen and oxygen atoms in total.